The number of ether oxygens (including phenoxy) is 1. The van der Waals surface area contributed by atoms with E-state index in [1.54, 1.807) is 0 Å². The van der Waals surface area contributed by atoms with Gasteiger partial charge in [-0.05, 0) is 196 Å². The van der Waals surface area contributed by atoms with E-state index in [2.05, 4.69) is 48.5 Å². The third kappa shape index (κ3) is 25.3. The van der Waals surface area contributed by atoms with Gasteiger partial charge in [0.15, 0.2) is 0 Å². The summed E-state index contributed by atoms with van der Waals surface area (Å²) in [5.41, 5.74) is 1.73. The maximum absolute atomic E-state index is 15.6. The van der Waals surface area contributed by atoms with E-state index in [0.717, 1.165) is 55.2 Å². The Hall–Kier alpha value is -7.35. The first kappa shape index (κ1) is 95.2. The van der Waals surface area contributed by atoms with Crippen molar-refractivity contribution in [1.82, 2.24) is 0 Å². The van der Waals surface area contributed by atoms with Gasteiger partial charge in [0.1, 0.15) is 28.7 Å². The van der Waals surface area contributed by atoms with Crippen LogP contribution in [0.2, 0.25) is 0 Å². The summed E-state index contributed by atoms with van der Waals surface area (Å²) < 4.78 is 6.97. The van der Waals surface area contributed by atoms with Crippen LogP contribution in [0.3, 0.4) is 0 Å². The number of unbranched alkanes of at least 4 members (excludes halogenated alkanes) is 5. The zero-order valence-electron chi connectivity index (χ0n) is 75.0. The molecule has 112 heavy (non-hydrogen) atoms. The number of carbonyl (C=O) groups excluding carboxylic acids is 1. The molecular formula is C98H148O14. The molecule has 0 amide bonds. The summed E-state index contributed by atoms with van der Waals surface area (Å²) in [6.07, 6.45) is 4.78. The van der Waals surface area contributed by atoms with E-state index >= 15 is 9.59 Å². The highest BCUT2D eigenvalue weighted by Crippen LogP contribution is 2.52. The van der Waals surface area contributed by atoms with Crippen molar-refractivity contribution in [2.45, 2.75) is 372 Å². The number of phenolic OH excluding ortho intramolecular Hbond substituents is 4. The monoisotopic (exact) mass is 1550 g/mol. The summed E-state index contributed by atoms with van der Waals surface area (Å²) in [7, 11) is 0. The van der Waals surface area contributed by atoms with Gasteiger partial charge in [0.05, 0.1) is 29.6 Å². The number of carbonyl (C=O) groups is 5. The molecule has 0 bridgehead atoms. The van der Waals surface area contributed by atoms with E-state index in [9.17, 15) is 55.2 Å². The van der Waals surface area contributed by atoms with Crippen molar-refractivity contribution in [2.75, 3.05) is 0 Å². The molecule has 14 nitrogen and oxygen atoms in total. The van der Waals surface area contributed by atoms with Gasteiger partial charge >= 0.3 is 29.8 Å². The van der Waals surface area contributed by atoms with Crippen molar-refractivity contribution in [3.8, 4) is 28.7 Å². The molecular weight excluding hydrogens is 1400 g/mol. The minimum Gasteiger partial charge on any atom is -0.507 e. The number of phenols is 4. The van der Waals surface area contributed by atoms with Gasteiger partial charge in [-0.1, -0.05) is 314 Å². The van der Waals surface area contributed by atoms with Crippen molar-refractivity contribution in [1.29, 1.82) is 0 Å². The molecule has 0 aliphatic rings. The van der Waals surface area contributed by atoms with Crippen LogP contribution in [0.5, 0.6) is 28.7 Å². The summed E-state index contributed by atoms with van der Waals surface area (Å²) in [4.78, 5) is 74.9. The Bertz CT molecular complexity index is 3720. The Balaban J connectivity index is 1.94. The Morgan fingerprint density at radius 2 is 0.455 bits per heavy atom. The van der Waals surface area contributed by atoms with Crippen molar-refractivity contribution in [2.24, 2.45) is 35.0 Å². The Kier molecular flexibility index (Phi) is 30.1. The van der Waals surface area contributed by atoms with Crippen molar-refractivity contribution in [3.05, 3.63) is 144 Å². The third-order valence-corrected chi connectivity index (χ3v) is 22.9. The number of hydrogen-bond donors (Lipinski definition) is 8. The van der Waals surface area contributed by atoms with Crippen molar-refractivity contribution < 1.29 is 69.6 Å². The number of aromatic hydroxyl groups is 4. The smallest absolute Gasteiger partial charge is 0.314 e. The lowest BCUT2D eigenvalue weighted by Crippen LogP contribution is -2.40. The number of hydrogen-bond acceptors (Lipinski definition) is 10. The predicted molar refractivity (Wildman–Crippen MR) is 457 cm³/mol. The number of benzene rings is 5. The molecule has 0 spiro atoms. The van der Waals surface area contributed by atoms with E-state index in [1.165, 1.54) is 0 Å². The minimum absolute atomic E-state index is 0.0815. The van der Waals surface area contributed by atoms with Crippen LogP contribution >= 0.6 is 0 Å². The van der Waals surface area contributed by atoms with E-state index in [4.69, 9.17) is 4.74 Å². The standard InChI is InChI=1S/C98H148O14/c1-32-33-34-35-36-37-38-63(39-58-44-68(88(2,3)4)78(99)69(45-58)89(5,6)7)87(111)112-82-76(96(26,27)28)52-62(53-77(82)97(29,30)31)43-67(86(109)110)57-98(54-64(83(103)104)40-59-46-70(90(8,9)10)79(100)71(47-59)91(11,12)13,55-65(84(105)106)41-60-48-72(92(14,15)16)80(101)73(49-60)93(17,18)19)56-66(85(107)108)42-61-50-74(94(20,21)22)81(102)75(51-61)95(23,24)25/h44-53,63-67,99-102H,32-43,54-57H2,1-31H3,(H,103,104)(H,105,106)(H,107,108)(H,109,110). The summed E-state index contributed by atoms with van der Waals surface area (Å²) in [5, 5.41) is 96.2. The van der Waals surface area contributed by atoms with E-state index in [0.29, 0.717) is 85.4 Å². The second-order valence-electron chi connectivity index (χ2n) is 43.8. The highest BCUT2D eigenvalue weighted by atomic mass is 16.5. The Morgan fingerprint density at radius 1 is 0.277 bits per heavy atom. The molecule has 0 saturated carbocycles. The maximum atomic E-state index is 15.6. The van der Waals surface area contributed by atoms with Crippen LogP contribution < -0.4 is 4.74 Å². The molecule has 0 radical (unpaired) electrons. The molecule has 0 aliphatic heterocycles. The normalized spacial score (nSPS) is 15.1. The van der Waals surface area contributed by atoms with Gasteiger partial charge < -0.3 is 45.6 Å². The minimum atomic E-state index is -1.75. The lowest BCUT2D eigenvalue weighted by Gasteiger charge is -2.42. The number of aliphatic carboxylic acids is 4. The van der Waals surface area contributed by atoms with E-state index in [-0.39, 0.29) is 74.4 Å². The van der Waals surface area contributed by atoms with Crippen molar-refractivity contribution in [3.63, 3.8) is 0 Å². The molecule has 5 unspecified atom stereocenters. The molecule has 5 atom stereocenters. The fraction of sp³-hybridized carbons (Fsp3) is 0.643. The van der Waals surface area contributed by atoms with Crippen LogP contribution in [0.4, 0.5) is 0 Å². The molecule has 624 valence electrons. The average molecular weight is 1550 g/mol. The molecule has 0 saturated heterocycles. The number of rotatable bonds is 31. The fourth-order valence-corrected chi connectivity index (χ4v) is 16.5. The summed E-state index contributed by atoms with van der Waals surface area (Å²) >= 11 is 0. The van der Waals surface area contributed by atoms with Crippen LogP contribution in [0, 0.1) is 35.0 Å². The topological polar surface area (TPSA) is 256 Å². The SMILES string of the molecule is CCCCCCCCC(Cc1cc(C(C)(C)C)c(O)c(C(C)(C)C)c1)C(=O)Oc1c(C(C)(C)C)cc(CC(CC(CC(Cc2cc(C(C)(C)C)c(O)c(C(C)(C)C)c2)C(=O)O)(CC(Cc2cc(C(C)(C)C)c(O)c(C(C)(C)C)c2)C(=O)O)CC(Cc2cc(C(C)(C)C)c(O)c(C(C)(C)C)c2)C(=O)O)C(=O)O)cc1C(C)(C)C. The first-order valence-electron chi connectivity index (χ1n) is 41.4. The molecule has 5 aromatic rings. The highest BCUT2D eigenvalue weighted by Gasteiger charge is 2.47. The summed E-state index contributed by atoms with van der Waals surface area (Å²) in [5.74, 6) is -10.8. The first-order valence-corrected chi connectivity index (χ1v) is 41.4. The zero-order valence-corrected chi connectivity index (χ0v) is 75.0. The second kappa shape index (κ2) is 35.4. The molecule has 5 rings (SSSR count). The van der Waals surface area contributed by atoms with E-state index < -0.39 is 119 Å². The predicted octanol–water partition coefficient (Wildman–Crippen LogP) is 23.6. The van der Waals surface area contributed by atoms with Crippen LogP contribution in [-0.2, 0) is 110 Å². The zero-order chi connectivity index (χ0) is 85.9. The molecule has 8 N–H and O–H groups in total. The van der Waals surface area contributed by atoms with Gasteiger partial charge in [0.25, 0.3) is 0 Å². The second-order valence-corrected chi connectivity index (χ2v) is 43.8. The summed E-state index contributed by atoms with van der Waals surface area (Å²) in [6.45, 7) is 62.0. The molecule has 5 aromatic carbocycles. The summed E-state index contributed by atoms with van der Waals surface area (Å²) in [6, 6.07) is 18.8. The number of carboxylic acids is 4. The van der Waals surface area contributed by atoms with Gasteiger partial charge in [-0.25, -0.2) is 0 Å². The first-order chi connectivity index (χ1) is 50.6. The lowest BCUT2D eigenvalue weighted by atomic mass is 9.62. The van der Waals surface area contributed by atoms with Gasteiger partial charge in [-0.15, -0.1) is 0 Å². The van der Waals surface area contributed by atoms with Gasteiger partial charge in [-0.3, -0.25) is 24.0 Å². The van der Waals surface area contributed by atoms with Crippen LogP contribution in [0.15, 0.2) is 60.7 Å². The van der Waals surface area contributed by atoms with Crippen LogP contribution in [0.25, 0.3) is 0 Å². The number of esters is 1. The molecule has 0 heterocycles. The van der Waals surface area contributed by atoms with Crippen molar-refractivity contribution >= 4 is 29.8 Å². The van der Waals surface area contributed by atoms with Gasteiger partial charge in [-0.2, -0.15) is 0 Å². The van der Waals surface area contributed by atoms with Crippen LogP contribution in [-0.4, -0.2) is 70.7 Å². The Morgan fingerprint density at radius 3 is 0.643 bits per heavy atom. The largest absolute Gasteiger partial charge is 0.507 e. The van der Waals surface area contributed by atoms with Gasteiger partial charge in [0, 0.05) is 11.1 Å². The van der Waals surface area contributed by atoms with E-state index in [1.807, 2.05) is 227 Å². The molecule has 0 aliphatic carbocycles. The fourth-order valence-electron chi connectivity index (χ4n) is 16.5. The lowest BCUT2D eigenvalue weighted by molar-refractivity contribution is -0.147. The van der Waals surface area contributed by atoms with Gasteiger partial charge in [0.2, 0.25) is 0 Å². The third-order valence-electron chi connectivity index (χ3n) is 22.9. The number of carboxylic acid groups (broad SMARTS) is 4. The maximum Gasteiger partial charge on any atom is 0.314 e. The molecule has 0 fully saturated rings. The molecule has 0 aromatic heterocycles. The molecule has 14 heteroatoms. The quantitative estimate of drug-likeness (QED) is 0.0117. The Labute approximate surface area is 675 Å². The average Bonchev–Trinajstić information content (AvgIpc) is 0.756. The van der Waals surface area contributed by atoms with Crippen LogP contribution in [0.1, 0.15) is 369 Å². The highest BCUT2D eigenvalue weighted by molar-refractivity contribution is 5.78.